The number of fused-ring (bicyclic) bond motifs is 1. The molecule has 1 aromatic rings. The Morgan fingerprint density at radius 3 is 2.76 bits per heavy atom. The monoisotopic (exact) mass is 352 g/mol. The summed E-state index contributed by atoms with van der Waals surface area (Å²) in [5.74, 6) is -0.967. The average Bonchev–Trinajstić information content (AvgIpc) is 2.77. The van der Waals surface area contributed by atoms with Crippen molar-refractivity contribution >= 4 is 33.7 Å². The van der Waals surface area contributed by atoms with Crippen molar-refractivity contribution in [1.29, 1.82) is 0 Å². The van der Waals surface area contributed by atoms with Crippen LogP contribution in [0, 0.1) is 0 Å². The van der Waals surface area contributed by atoms with Crippen LogP contribution in [0.1, 0.15) is 34.3 Å². The zero-order chi connectivity index (χ0) is 15.1. The number of benzene rings is 1. The maximum absolute atomic E-state index is 12.5. The van der Waals surface area contributed by atoms with Gasteiger partial charge in [-0.05, 0) is 29.7 Å². The summed E-state index contributed by atoms with van der Waals surface area (Å²) in [6.45, 7) is 0.171. The Hall–Kier alpha value is -1.73. The molecule has 0 bridgehead atoms. The molecule has 2 N–H and O–H groups in total. The van der Waals surface area contributed by atoms with Gasteiger partial charge in [-0.25, -0.2) is 0 Å². The highest BCUT2D eigenvalue weighted by molar-refractivity contribution is 9.10. The first-order valence-electron chi connectivity index (χ1n) is 6.58. The molecular weight excluding hydrogens is 340 g/mol. The molecule has 7 heteroatoms. The van der Waals surface area contributed by atoms with Crippen LogP contribution in [0.2, 0.25) is 0 Å². The third-order valence-electron chi connectivity index (χ3n) is 3.84. The van der Waals surface area contributed by atoms with E-state index < -0.39 is 11.9 Å². The van der Waals surface area contributed by atoms with Gasteiger partial charge in [-0.2, -0.15) is 0 Å². The van der Waals surface area contributed by atoms with Gasteiger partial charge in [-0.15, -0.1) is 0 Å². The van der Waals surface area contributed by atoms with Gasteiger partial charge in [0.05, 0.1) is 6.61 Å². The first kappa shape index (κ1) is 14.2. The molecule has 3 amide bonds. The van der Waals surface area contributed by atoms with Crippen molar-refractivity contribution in [3.05, 3.63) is 33.3 Å². The standard InChI is InChI=1S/C14H13BrN2O4/c15-10-4-7(6-18)3-8-9(10)5-17(14(8)21)11-1-2-12(19)16-13(11)20/h3-4,11,18H,1-2,5-6H2,(H,16,19,20). The van der Waals surface area contributed by atoms with E-state index in [4.69, 9.17) is 0 Å². The summed E-state index contributed by atoms with van der Waals surface area (Å²) in [4.78, 5) is 37.1. The number of hydrogen-bond donors (Lipinski definition) is 2. The quantitative estimate of drug-likeness (QED) is 0.767. The Kier molecular flexibility index (Phi) is 3.54. The predicted octanol–water partition coefficient (Wildman–Crippen LogP) is 0.702. The molecule has 3 rings (SSSR count). The molecule has 0 aromatic heterocycles. The maximum Gasteiger partial charge on any atom is 0.255 e. The Labute approximate surface area is 129 Å². The van der Waals surface area contributed by atoms with E-state index in [1.165, 1.54) is 4.90 Å². The molecule has 110 valence electrons. The van der Waals surface area contributed by atoms with Crippen LogP contribution in [0.3, 0.4) is 0 Å². The number of nitrogens with zero attached hydrogens (tertiary/aromatic N) is 1. The summed E-state index contributed by atoms with van der Waals surface area (Å²) >= 11 is 3.40. The molecule has 0 spiro atoms. The lowest BCUT2D eigenvalue weighted by atomic mass is 10.0. The first-order chi connectivity index (χ1) is 10.0. The molecule has 1 fully saturated rings. The fourth-order valence-electron chi connectivity index (χ4n) is 2.76. The third-order valence-corrected chi connectivity index (χ3v) is 4.55. The molecule has 0 saturated carbocycles. The summed E-state index contributed by atoms with van der Waals surface area (Å²) in [7, 11) is 0. The molecule has 6 nitrogen and oxygen atoms in total. The topological polar surface area (TPSA) is 86.7 Å². The number of carbonyl (C=O) groups excluding carboxylic acids is 3. The highest BCUT2D eigenvalue weighted by Crippen LogP contribution is 2.33. The van der Waals surface area contributed by atoms with Crippen LogP contribution in [0.25, 0.3) is 0 Å². The second-order valence-corrected chi connectivity index (χ2v) is 6.02. The van der Waals surface area contributed by atoms with Gasteiger partial charge in [0.1, 0.15) is 6.04 Å². The summed E-state index contributed by atoms with van der Waals surface area (Å²) in [6.07, 6.45) is 0.578. The highest BCUT2D eigenvalue weighted by Gasteiger charge is 2.39. The largest absolute Gasteiger partial charge is 0.392 e. The van der Waals surface area contributed by atoms with Crippen LogP contribution in [0.15, 0.2) is 16.6 Å². The Morgan fingerprint density at radius 2 is 2.10 bits per heavy atom. The van der Waals surface area contributed by atoms with E-state index in [0.717, 1.165) is 10.0 Å². The lowest BCUT2D eigenvalue weighted by molar-refractivity contribution is -0.136. The molecule has 0 radical (unpaired) electrons. The van der Waals surface area contributed by atoms with Crippen molar-refractivity contribution in [2.45, 2.75) is 32.0 Å². The minimum absolute atomic E-state index is 0.155. The highest BCUT2D eigenvalue weighted by atomic mass is 79.9. The Bertz CT molecular complexity index is 659. The Balaban J connectivity index is 1.92. The van der Waals surface area contributed by atoms with Crippen LogP contribution in [0.4, 0.5) is 0 Å². The molecule has 2 aliphatic rings. The smallest absolute Gasteiger partial charge is 0.255 e. The second-order valence-electron chi connectivity index (χ2n) is 5.16. The van der Waals surface area contributed by atoms with Crippen LogP contribution in [-0.4, -0.2) is 33.8 Å². The number of imide groups is 1. The van der Waals surface area contributed by atoms with Gasteiger partial charge in [0.25, 0.3) is 5.91 Å². The van der Waals surface area contributed by atoms with Gasteiger partial charge in [0, 0.05) is 23.0 Å². The number of hydrogen-bond acceptors (Lipinski definition) is 4. The molecule has 1 atom stereocenters. The van der Waals surface area contributed by atoms with E-state index in [9.17, 15) is 19.5 Å². The number of piperidine rings is 1. The number of rotatable bonds is 2. The average molecular weight is 353 g/mol. The summed E-state index contributed by atoms with van der Waals surface area (Å²) in [6, 6.07) is 2.79. The normalized spacial score (nSPS) is 21.5. The molecule has 21 heavy (non-hydrogen) atoms. The number of halogens is 1. The van der Waals surface area contributed by atoms with E-state index in [1.807, 2.05) is 0 Å². The van der Waals surface area contributed by atoms with E-state index in [1.54, 1.807) is 12.1 Å². The van der Waals surface area contributed by atoms with Crippen molar-refractivity contribution in [2.75, 3.05) is 0 Å². The fourth-order valence-corrected chi connectivity index (χ4v) is 3.40. The lowest BCUT2D eigenvalue weighted by Crippen LogP contribution is -2.52. The van der Waals surface area contributed by atoms with Crippen molar-refractivity contribution in [3.8, 4) is 0 Å². The minimum atomic E-state index is -0.618. The van der Waals surface area contributed by atoms with E-state index >= 15 is 0 Å². The van der Waals surface area contributed by atoms with Crippen molar-refractivity contribution in [1.82, 2.24) is 10.2 Å². The number of aliphatic hydroxyl groups is 1. The fraction of sp³-hybridized carbons (Fsp3) is 0.357. The van der Waals surface area contributed by atoms with Gasteiger partial charge in [0.2, 0.25) is 11.8 Å². The van der Waals surface area contributed by atoms with Gasteiger partial charge in [-0.3, -0.25) is 19.7 Å². The summed E-state index contributed by atoms with van der Waals surface area (Å²) < 4.78 is 0.743. The van der Waals surface area contributed by atoms with Crippen LogP contribution >= 0.6 is 15.9 Å². The Morgan fingerprint density at radius 1 is 1.33 bits per heavy atom. The SMILES string of the molecule is O=C1CCC(N2Cc3c(Br)cc(CO)cc3C2=O)C(=O)N1. The van der Waals surface area contributed by atoms with E-state index in [0.29, 0.717) is 24.1 Å². The number of nitrogens with one attached hydrogen (secondary N) is 1. The molecule has 1 aromatic carbocycles. The van der Waals surface area contributed by atoms with Crippen molar-refractivity contribution < 1.29 is 19.5 Å². The second kappa shape index (κ2) is 5.23. The lowest BCUT2D eigenvalue weighted by Gasteiger charge is -2.29. The van der Waals surface area contributed by atoms with E-state index in [-0.39, 0.29) is 24.8 Å². The predicted molar refractivity (Wildman–Crippen MR) is 76.1 cm³/mol. The van der Waals surface area contributed by atoms with Crippen molar-refractivity contribution in [3.63, 3.8) is 0 Å². The van der Waals surface area contributed by atoms with Crippen molar-refractivity contribution in [2.24, 2.45) is 0 Å². The molecule has 1 saturated heterocycles. The van der Waals surface area contributed by atoms with Crippen LogP contribution < -0.4 is 5.32 Å². The van der Waals surface area contributed by atoms with Crippen LogP contribution in [-0.2, 0) is 22.7 Å². The van der Waals surface area contributed by atoms with Crippen LogP contribution in [0.5, 0.6) is 0 Å². The summed E-state index contributed by atoms with van der Waals surface area (Å²) in [5.41, 5.74) is 1.94. The summed E-state index contributed by atoms with van der Waals surface area (Å²) in [5, 5.41) is 11.5. The maximum atomic E-state index is 12.5. The number of aliphatic hydroxyl groups excluding tert-OH is 1. The zero-order valence-electron chi connectivity index (χ0n) is 11.1. The van der Waals surface area contributed by atoms with Gasteiger partial charge in [-0.1, -0.05) is 15.9 Å². The van der Waals surface area contributed by atoms with Gasteiger partial charge in [0.15, 0.2) is 0 Å². The number of carbonyl (C=O) groups is 3. The number of amides is 3. The molecule has 2 heterocycles. The first-order valence-corrected chi connectivity index (χ1v) is 7.37. The minimum Gasteiger partial charge on any atom is -0.392 e. The van der Waals surface area contributed by atoms with E-state index in [2.05, 4.69) is 21.2 Å². The molecule has 1 unspecified atom stereocenters. The van der Waals surface area contributed by atoms with Gasteiger partial charge >= 0.3 is 0 Å². The molecule has 0 aliphatic carbocycles. The van der Waals surface area contributed by atoms with Gasteiger partial charge < -0.3 is 10.0 Å². The zero-order valence-corrected chi connectivity index (χ0v) is 12.6. The molecule has 2 aliphatic heterocycles. The third kappa shape index (κ3) is 2.36. The molecular formula is C14H13BrN2O4.